The summed E-state index contributed by atoms with van der Waals surface area (Å²) in [5.74, 6) is -0.304. The summed E-state index contributed by atoms with van der Waals surface area (Å²) in [4.78, 5) is 12.1. The van der Waals surface area contributed by atoms with Gasteiger partial charge < -0.3 is 4.74 Å². The molecule has 16 heavy (non-hydrogen) atoms. The third-order valence-electron chi connectivity index (χ3n) is 2.13. The van der Waals surface area contributed by atoms with E-state index in [1.807, 2.05) is 6.07 Å². The number of nitrogens with zero attached hydrogens (tertiary/aromatic N) is 1. The Morgan fingerprint density at radius 3 is 3.00 bits per heavy atom. The number of esters is 1. The second kappa shape index (κ2) is 4.33. The summed E-state index contributed by atoms with van der Waals surface area (Å²) in [6.07, 6.45) is 0. The van der Waals surface area contributed by atoms with E-state index in [1.165, 1.54) is 11.3 Å². The normalized spacial score (nSPS) is 10.0. The molecule has 2 rings (SSSR count). The summed E-state index contributed by atoms with van der Waals surface area (Å²) in [6.45, 7) is 2.15. The van der Waals surface area contributed by atoms with E-state index in [4.69, 9.17) is 10.00 Å². The number of carbonyl (C=O) groups is 1. The summed E-state index contributed by atoms with van der Waals surface area (Å²) in [5.41, 5.74) is 0.602. The van der Waals surface area contributed by atoms with Crippen LogP contribution in [0.5, 0.6) is 0 Å². The lowest BCUT2D eigenvalue weighted by Gasteiger charge is -1.95. The number of carbonyl (C=O) groups excluding carboxylic acids is 1. The number of hydrogen-bond acceptors (Lipinski definition) is 4. The van der Waals surface area contributed by atoms with Crippen molar-refractivity contribution in [3.8, 4) is 6.07 Å². The van der Waals surface area contributed by atoms with E-state index in [-0.39, 0.29) is 5.97 Å². The molecule has 0 radical (unpaired) electrons. The van der Waals surface area contributed by atoms with E-state index in [0.717, 1.165) is 10.1 Å². The largest absolute Gasteiger partial charge is 0.462 e. The van der Waals surface area contributed by atoms with Crippen molar-refractivity contribution in [3.05, 3.63) is 34.7 Å². The zero-order valence-electron chi connectivity index (χ0n) is 8.69. The first-order valence-corrected chi connectivity index (χ1v) is 5.67. The molecule has 0 saturated heterocycles. The van der Waals surface area contributed by atoms with Crippen LogP contribution in [0.4, 0.5) is 0 Å². The van der Waals surface area contributed by atoms with Gasteiger partial charge >= 0.3 is 5.97 Å². The van der Waals surface area contributed by atoms with Crippen LogP contribution in [0, 0.1) is 11.3 Å². The van der Waals surface area contributed by atoms with Crippen LogP contribution in [-0.2, 0) is 4.74 Å². The molecule has 0 aliphatic rings. The fraction of sp³-hybridized carbons (Fsp3) is 0.167. The standard InChI is InChI=1S/C12H9NO2S/c1-2-15-12(14)11-6-9-4-3-8(7-13)5-10(9)16-11/h3-6H,2H2,1H3. The lowest BCUT2D eigenvalue weighted by Crippen LogP contribution is -2.01. The Labute approximate surface area is 96.9 Å². The molecule has 2 aromatic rings. The number of rotatable bonds is 2. The zero-order chi connectivity index (χ0) is 11.5. The number of thiophene rings is 1. The first kappa shape index (κ1) is 10.7. The van der Waals surface area contributed by atoms with Gasteiger partial charge in [0.25, 0.3) is 0 Å². The second-order valence-corrected chi connectivity index (χ2v) is 4.28. The highest BCUT2D eigenvalue weighted by Gasteiger charge is 2.10. The van der Waals surface area contributed by atoms with Crippen molar-refractivity contribution in [2.24, 2.45) is 0 Å². The van der Waals surface area contributed by atoms with Crippen LogP contribution in [0.15, 0.2) is 24.3 Å². The molecule has 1 heterocycles. The molecule has 0 N–H and O–H groups in total. The van der Waals surface area contributed by atoms with Crippen molar-refractivity contribution in [3.63, 3.8) is 0 Å². The van der Waals surface area contributed by atoms with Crippen molar-refractivity contribution in [2.75, 3.05) is 6.61 Å². The minimum Gasteiger partial charge on any atom is -0.462 e. The first-order chi connectivity index (χ1) is 7.74. The molecule has 4 heteroatoms. The monoisotopic (exact) mass is 231 g/mol. The Balaban J connectivity index is 2.44. The van der Waals surface area contributed by atoms with Crippen LogP contribution in [0.2, 0.25) is 0 Å². The van der Waals surface area contributed by atoms with Crippen molar-refractivity contribution >= 4 is 27.4 Å². The Morgan fingerprint density at radius 1 is 1.50 bits per heavy atom. The zero-order valence-corrected chi connectivity index (χ0v) is 9.50. The summed E-state index contributed by atoms with van der Waals surface area (Å²) in [6, 6.07) is 9.22. The summed E-state index contributed by atoms with van der Waals surface area (Å²) >= 11 is 1.35. The number of ether oxygens (including phenoxy) is 1. The lowest BCUT2D eigenvalue weighted by molar-refractivity contribution is 0.0532. The van der Waals surface area contributed by atoms with Gasteiger partial charge in [0, 0.05) is 4.70 Å². The van der Waals surface area contributed by atoms with Crippen molar-refractivity contribution in [1.29, 1.82) is 5.26 Å². The van der Waals surface area contributed by atoms with Crippen molar-refractivity contribution < 1.29 is 9.53 Å². The van der Waals surface area contributed by atoms with Gasteiger partial charge in [0.1, 0.15) is 4.88 Å². The molecule has 0 saturated carbocycles. The molecular weight excluding hydrogens is 222 g/mol. The van der Waals surface area contributed by atoms with E-state index < -0.39 is 0 Å². The van der Waals surface area contributed by atoms with E-state index in [9.17, 15) is 4.79 Å². The molecule has 0 bridgehead atoms. The molecule has 1 aromatic carbocycles. The summed E-state index contributed by atoms with van der Waals surface area (Å²) in [5, 5.41) is 9.73. The maximum atomic E-state index is 11.5. The smallest absolute Gasteiger partial charge is 0.348 e. The molecule has 0 aliphatic carbocycles. The van der Waals surface area contributed by atoms with Gasteiger partial charge in [-0.05, 0) is 30.5 Å². The third-order valence-corrected chi connectivity index (χ3v) is 3.20. The average molecular weight is 231 g/mol. The Bertz CT molecular complexity index is 580. The van der Waals surface area contributed by atoms with Gasteiger partial charge in [0.05, 0.1) is 18.2 Å². The Morgan fingerprint density at radius 2 is 2.31 bits per heavy atom. The molecule has 80 valence electrons. The van der Waals surface area contributed by atoms with Gasteiger partial charge in [-0.1, -0.05) is 6.07 Å². The van der Waals surface area contributed by atoms with Crippen LogP contribution >= 0.6 is 11.3 Å². The highest BCUT2D eigenvalue weighted by atomic mass is 32.1. The molecule has 0 fully saturated rings. The van der Waals surface area contributed by atoms with E-state index in [0.29, 0.717) is 17.0 Å². The fourth-order valence-electron chi connectivity index (χ4n) is 1.40. The number of nitriles is 1. The summed E-state index contributed by atoms with van der Waals surface area (Å²) < 4.78 is 5.85. The van der Waals surface area contributed by atoms with E-state index >= 15 is 0 Å². The number of benzene rings is 1. The van der Waals surface area contributed by atoms with E-state index in [1.54, 1.807) is 25.1 Å². The third kappa shape index (κ3) is 1.90. The van der Waals surface area contributed by atoms with Crippen LogP contribution in [0.3, 0.4) is 0 Å². The molecule has 0 aliphatic heterocycles. The van der Waals surface area contributed by atoms with Gasteiger partial charge in [-0.3, -0.25) is 0 Å². The topological polar surface area (TPSA) is 50.1 Å². The molecule has 3 nitrogen and oxygen atoms in total. The molecular formula is C12H9NO2S. The Hall–Kier alpha value is -1.86. The lowest BCUT2D eigenvalue weighted by atomic mass is 10.2. The van der Waals surface area contributed by atoms with Crippen molar-refractivity contribution in [1.82, 2.24) is 0 Å². The van der Waals surface area contributed by atoms with Gasteiger partial charge in [0.2, 0.25) is 0 Å². The number of fused-ring (bicyclic) bond motifs is 1. The quantitative estimate of drug-likeness (QED) is 0.746. The molecule has 0 amide bonds. The van der Waals surface area contributed by atoms with Gasteiger partial charge in [-0.15, -0.1) is 11.3 Å². The number of hydrogen-bond donors (Lipinski definition) is 0. The molecule has 0 unspecified atom stereocenters. The second-order valence-electron chi connectivity index (χ2n) is 3.20. The summed E-state index contributed by atoms with van der Waals surface area (Å²) in [7, 11) is 0. The molecule has 0 atom stereocenters. The van der Waals surface area contributed by atoms with Crippen molar-refractivity contribution in [2.45, 2.75) is 6.92 Å². The SMILES string of the molecule is CCOC(=O)c1cc2ccc(C#N)cc2s1. The maximum absolute atomic E-state index is 11.5. The minimum absolute atomic E-state index is 0.304. The molecule has 0 spiro atoms. The van der Waals surface area contributed by atoms with E-state index in [2.05, 4.69) is 6.07 Å². The predicted octanol–water partition coefficient (Wildman–Crippen LogP) is 2.95. The maximum Gasteiger partial charge on any atom is 0.348 e. The highest BCUT2D eigenvalue weighted by Crippen LogP contribution is 2.27. The van der Waals surface area contributed by atoms with Crippen LogP contribution in [0.25, 0.3) is 10.1 Å². The highest BCUT2D eigenvalue weighted by molar-refractivity contribution is 7.20. The van der Waals surface area contributed by atoms with Gasteiger partial charge in [0.15, 0.2) is 0 Å². The average Bonchev–Trinajstić information content (AvgIpc) is 2.71. The Kier molecular flexibility index (Phi) is 2.88. The van der Waals surface area contributed by atoms with Crippen LogP contribution < -0.4 is 0 Å². The predicted molar refractivity (Wildman–Crippen MR) is 62.5 cm³/mol. The van der Waals surface area contributed by atoms with Crippen LogP contribution in [0.1, 0.15) is 22.2 Å². The van der Waals surface area contributed by atoms with Crippen LogP contribution in [-0.4, -0.2) is 12.6 Å². The minimum atomic E-state index is -0.304. The first-order valence-electron chi connectivity index (χ1n) is 4.85. The fourth-order valence-corrected chi connectivity index (χ4v) is 2.40. The molecule has 1 aromatic heterocycles. The van der Waals surface area contributed by atoms with Gasteiger partial charge in [-0.25, -0.2) is 4.79 Å². The van der Waals surface area contributed by atoms with Gasteiger partial charge in [-0.2, -0.15) is 5.26 Å².